The molecule has 2 N–H and O–H groups in total. The Kier molecular flexibility index (Phi) is 3.12. The molecule has 0 aliphatic carbocycles. The Balaban J connectivity index is 3.17. The van der Waals surface area contributed by atoms with Gasteiger partial charge in [-0.05, 0) is 6.07 Å². The van der Waals surface area contributed by atoms with E-state index in [0.29, 0.717) is 0 Å². The molecule has 15 heavy (non-hydrogen) atoms. The van der Waals surface area contributed by atoms with Crippen LogP contribution in [0.5, 0.6) is 0 Å². The summed E-state index contributed by atoms with van der Waals surface area (Å²) >= 11 is 5.55. The topological polar surface area (TPSA) is 110 Å². The number of hydrogen-bond donors (Lipinski definition) is 2. The summed E-state index contributed by atoms with van der Waals surface area (Å²) in [5.74, 6) is 0. The van der Waals surface area contributed by atoms with E-state index in [1.807, 2.05) is 0 Å². The van der Waals surface area contributed by atoms with Gasteiger partial charge in [0.15, 0.2) is 0 Å². The maximum atomic E-state index is 10.4. The fourth-order valence-electron chi connectivity index (χ4n) is 0.844. The van der Waals surface area contributed by atoms with Gasteiger partial charge in [0, 0.05) is 12.1 Å². The highest BCUT2D eigenvalue weighted by Gasteiger charge is 2.13. The lowest BCUT2D eigenvalue weighted by atomic mass is 10.3. The van der Waals surface area contributed by atoms with E-state index in [1.165, 1.54) is 0 Å². The van der Waals surface area contributed by atoms with E-state index in [1.54, 1.807) is 4.72 Å². The van der Waals surface area contributed by atoms with Gasteiger partial charge in [0.1, 0.15) is 0 Å². The van der Waals surface area contributed by atoms with Gasteiger partial charge in [0.25, 0.3) is 5.69 Å². The molecule has 0 spiro atoms. The molecule has 0 heterocycles. The molecule has 0 fully saturated rings. The van der Waals surface area contributed by atoms with E-state index < -0.39 is 15.2 Å². The van der Waals surface area contributed by atoms with Crippen LogP contribution in [-0.4, -0.2) is 17.9 Å². The number of benzene rings is 1. The minimum absolute atomic E-state index is 0.0572. The molecule has 82 valence electrons. The van der Waals surface area contributed by atoms with Gasteiger partial charge in [-0.15, -0.1) is 0 Å². The van der Waals surface area contributed by atoms with Crippen molar-refractivity contribution in [2.75, 3.05) is 4.72 Å². The summed E-state index contributed by atoms with van der Waals surface area (Å²) in [6.45, 7) is 0. The summed E-state index contributed by atoms with van der Waals surface area (Å²) in [6.07, 6.45) is 0. The number of rotatable bonds is 3. The standard InChI is InChI=1S/C6H5ClN2O5S/c7-5-2-1-4(9(10)11)3-6(5)8-15(12,13)14/h1-3,8H,(H,12,13,14). The van der Waals surface area contributed by atoms with E-state index >= 15 is 0 Å². The second-order valence-electron chi connectivity index (χ2n) is 2.50. The molecule has 0 amide bonds. The first kappa shape index (κ1) is 11.7. The number of halogens is 1. The van der Waals surface area contributed by atoms with E-state index in [4.69, 9.17) is 16.2 Å². The van der Waals surface area contributed by atoms with E-state index in [2.05, 4.69) is 0 Å². The fraction of sp³-hybridized carbons (Fsp3) is 0. The Hall–Kier alpha value is -1.38. The van der Waals surface area contributed by atoms with Gasteiger partial charge in [-0.2, -0.15) is 8.42 Å². The summed E-state index contributed by atoms with van der Waals surface area (Å²) in [6, 6.07) is 3.15. The van der Waals surface area contributed by atoms with Crippen LogP contribution in [0.25, 0.3) is 0 Å². The first-order valence-electron chi connectivity index (χ1n) is 3.49. The lowest BCUT2D eigenvalue weighted by Gasteiger charge is -2.04. The van der Waals surface area contributed by atoms with Crippen LogP contribution in [0.4, 0.5) is 11.4 Å². The smallest absolute Gasteiger partial charge is 0.269 e. The number of non-ortho nitro benzene ring substituents is 1. The number of hydrogen-bond acceptors (Lipinski definition) is 4. The first-order chi connectivity index (χ1) is 6.79. The quantitative estimate of drug-likeness (QED) is 0.481. The van der Waals surface area contributed by atoms with Gasteiger partial charge < -0.3 is 0 Å². The van der Waals surface area contributed by atoms with Crippen molar-refractivity contribution >= 4 is 33.3 Å². The van der Waals surface area contributed by atoms with Gasteiger partial charge in [0.2, 0.25) is 0 Å². The summed E-state index contributed by atoms with van der Waals surface area (Å²) in [7, 11) is -4.50. The van der Waals surface area contributed by atoms with Crippen molar-refractivity contribution in [2.24, 2.45) is 0 Å². The molecule has 0 aliphatic heterocycles. The second-order valence-corrected chi connectivity index (χ2v) is 4.06. The maximum Gasteiger partial charge on any atom is 0.357 e. The molecule has 0 bridgehead atoms. The number of nitrogens with one attached hydrogen (secondary N) is 1. The van der Waals surface area contributed by atoms with Crippen molar-refractivity contribution < 1.29 is 17.9 Å². The average molecular weight is 253 g/mol. The SMILES string of the molecule is O=[N+]([O-])c1ccc(Cl)c(NS(=O)(=O)O)c1. The predicted molar refractivity (Wildman–Crippen MR) is 53.3 cm³/mol. The van der Waals surface area contributed by atoms with Crippen LogP contribution in [0, 0.1) is 10.1 Å². The van der Waals surface area contributed by atoms with Crippen molar-refractivity contribution in [1.29, 1.82) is 0 Å². The zero-order valence-corrected chi connectivity index (χ0v) is 8.62. The Morgan fingerprint density at radius 3 is 2.53 bits per heavy atom. The highest BCUT2D eigenvalue weighted by Crippen LogP contribution is 2.27. The normalized spacial score (nSPS) is 11.1. The Bertz CT molecular complexity index is 500. The third-order valence-corrected chi connectivity index (χ3v) is 2.21. The maximum absolute atomic E-state index is 10.4. The predicted octanol–water partition coefficient (Wildman–Crippen LogP) is 1.46. The molecule has 0 aromatic heterocycles. The molecular weight excluding hydrogens is 248 g/mol. The van der Waals surface area contributed by atoms with E-state index in [9.17, 15) is 18.5 Å². The Morgan fingerprint density at radius 2 is 2.07 bits per heavy atom. The lowest BCUT2D eigenvalue weighted by molar-refractivity contribution is -0.384. The summed E-state index contributed by atoms with van der Waals surface area (Å²) in [5, 5.41) is 10.3. The van der Waals surface area contributed by atoms with E-state index in [-0.39, 0.29) is 16.4 Å². The van der Waals surface area contributed by atoms with Crippen LogP contribution in [0.3, 0.4) is 0 Å². The minimum Gasteiger partial charge on any atom is -0.269 e. The van der Waals surface area contributed by atoms with Crippen molar-refractivity contribution in [3.63, 3.8) is 0 Å². The second kappa shape index (κ2) is 4.01. The van der Waals surface area contributed by atoms with Crippen molar-refractivity contribution in [1.82, 2.24) is 0 Å². The molecule has 1 rings (SSSR count). The monoisotopic (exact) mass is 252 g/mol. The van der Waals surface area contributed by atoms with Gasteiger partial charge in [0.05, 0.1) is 15.6 Å². The number of nitro benzene ring substituents is 1. The summed E-state index contributed by atoms with van der Waals surface area (Å²) in [4.78, 5) is 9.64. The molecule has 0 unspecified atom stereocenters. The Morgan fingerprint density at radius 1 is 1.47 bits per heavy atom. The molecular formula is C6H5ClN2O5S. The molecule has 0 saturated carbocycles. The van der Waals surface area contributed by atoms with Crippen LogP contribution in [0.2, 0.25) is 5.02 Å². The largest absolute Gasteiger partial charge is 0.357 e. The Labute approximate surface area is 89.7 Å². The first-order valence-corrected chi connectivity index (χ1v) is 5.30. The zero-order chi connectivity index (χ0) is 11.6. The molecule has 1 aromatic rings. The molecule has 9 heteroatoms. The minimum atomic E-state index is -4.50. The highest BCUT2D eigenvalue weighted by molar-refractivity contribution is 7.87. The molecule has 0 saturated heterocycles. The van der Waals surface area contributed by atoms with Crippen molar-refractivity contribution in [3.8, 4) is 0 Å². The molecule has 0 atom stereocenters. The molecule has 0 aliphatic rings. The van der Waals surface area contributed by atoms with Crippen molar-refractivity contribution in [3.05, 3.63) is 33.3 Å². The van der Waals surface area contributed by atoms with Gasteiger partial charge in [-0.1, -0.05) is 11.6 Å². The summed E-state index contributed by atoms with van der Waals surface area (Å²) in [5.41, 5.74) is -0.598. The molecule has 7 nitrogen and oxygen atoms in total. The van der Waals surface area contributed by atoms with Crippen LogP contribution in [0.1, 0.15) is 0 Å². The number of anilines is 1. The summed E-state index contributed by atoms with van der Waals surface area (Å²) < 4.78 is 31.0. The van der Waals surface area contributed by atoms with Crippen LogP contribution >= 0.6 is 11.6 Å². The molecule has 1 aromatic carbocycles. The third kappa shape index (κ3) is 3.35. The van der Waals surface area contributed by atoms with Crippen molar-refractivity contribution in [2.45, 2.75) is 0 Å². The molecule has 0 radical (unpaired) electrons. The van der Waals surface area contributed by atoms with E-state index in [0.717, 1.165) is 18.2 Å². The zero-order valence-electron chi connectivity index (χ0n) is 7.05. The van der Waals surface area contributed by atoms with Gasteiger partial charge in [-0.3, -0.25) is 19.4 Å². The average Bonchev–Trinajstić information content (AvgIpc) is 2.06. The number of nitro groups is 1. The third-order valence-electron chi connectivity index (χ3n) is 1.40. The van der Waals surface area contributed by atoms with Crippen LogP contribution in [0.15, 0.2) is 18.2 Å². The fourth-order valence-corrected chi connectivity index (χ4v) is 1.51. The number of nitrogens with zero attached hydrogens (tertiary/aromatic N) is 1. The van der Waals surface area contributed by atoms with Gasteiger partial charge in [-0.25, -0.2) is 0 Å². The highest BCUT2D eigenvalue weighted by atomic mass is 35.5. The van der Waals surface area contributed by atoms with Crippen LogP contribution in [-0.2, 0) is 10.3 Å². The lowest BCUT2D eigenvalue weighted by Crippen LogP contribution is -2.10. The van der Waals surface area contributed by atoms with Crippen LogP contribution < -0.4 is 4.72 Å². The van der Waals surface area contributed by atoms with Gasteiger partial charge >= 0.3 is 10.3 Å².